The molecular weight excluding hydrogens is 324 g/mol. The van der Waals surface area contributed by atoms with Gasteiger partial charge in [0.15, 0.2) is 0 Å². The van der Waals surface area contributed by atoms with Crippen LogP contribution in [0.2, 0.25) is 0 Å². The lowest BCUT2D eigenvalue weighted by Gasteiger charge is -2.19. The Morgan fingerprint density at radius 3 is 2.38 bits per heavy atom. The van der Waals surface area contributed by atoms with Crippen molar-refractivity contribution in [1.29, 1.82) is 0 Å². The SMILES string of the molecule is CC(C)(C)c1ccc(NC(=O)c2cccc(Oc3ccccn3)c2)cc1. The highest BCUT2D eigenvalue weighted by molar-refractivity contribution is 6.04. The smallest absolute Gasteiger partial charge is 0.255 e. The molecule has 1 heterocycles. The number of amides is 1. The first-order chi connectivity index (χ1) is 12.4. The largest absolute Gasteiger partial charge is 0.439 e. The van der Waals surface area contributed by atoms with Crippen LogP contribution in [0.5, 0.6) is 11.6 Å². The molecule has 0 fully saturated rings. The molecule has 0 aliphatic carbocycles. The summed E-state index contributed by atoms with van der Waals surface area (Å²) in [5, 5.41) is 2.92. The lowest BCUT2D eigenvalue weighted by atomic mass is 9.87. The fourth-order valence-electron chi connectivity index (χ4n) is 2.49. The van der Waals surface area contributed by atoms with E-state index in [1.54, 1.807) is 36.5 Å². The molecule has 0 saturated carbocycles. The third-order valence-corrected chi connectivity index (χ3v) is 3.97. The van der Waals surface area contributed by atoms with Crippen LogP contribution in [0, 0.1) is 0 Å². The Balaban J connectivity index is 1.71. The minimum Gasteiger partial charge on any atom is -0.439 e. The molecule has 1 aromatic heterocycles. The molecule has 0 unspecified atom stereocenters. The van der Waals surface area contributed by atoms with Crippen LogP contribution in [0.15, 0.2) is 72.9 Å². The molecule has 26 heavy (non-hydrogen) atoms. The molecule has 0 saturated heterocycles. The maximum absolute atomic E-state index is 12.5. The maximum atomic E-state index is 12.5. The predicted octanol–water partition coefficient (Wildman–Crippen LogP) is 5.42. The third kappa shape index (κ3) is 4.48. The van der Waals surface area contributed by atoms with Crippen LogP contribution < -0.4 is 10.1 Å². The number of benzene rings is 2. The van der Waals surface area contributed by atoms with Gasteiger partial charge in [-0.05, 0) is 47.4 Å². The second-order valence-electron chi connectivity index (χ2n) is 7.08. The minimum atomic E-state index is -0.181. The molecule has 0 radical (unpaired) electrons. The quantitative estimate of drug-likeness (QED) is 0.686. The summed E-state index contributed by atoms with van der Waals surface area (Å²) >= 11 is 0. The van der Waals surface area contributed by atoms with Crippen molar-refractivity contribution in [1.82, 2.24) is 4.98 Å². The van der Waals surface area contributed by atoms with Gasteiger partial charge in [0.1, 0.15) is 5.75 Å². The van der Waals surface area contributed by atoms with Gasteiger partial charge in [-0.15, -0.1) is 0 Å². The number of rotatable bonds is 4. The zero-order valence-corrected chi connectivity index (χ0v) is 15.2. The molecule has 0 spiro atoms. The van der Waals surface area contributed by atoms with E-state index in [0.717, 1.165) is 5.69 Å². The molecule has 0 atom stereocenters. The van der Waals surface area contributed by atoms with Crippen molar-refractivity contribution in [3.63, 3.8) is 0 Å². The van der Waals surface area contributed by atoms with E-state index in [1.165, 1.54) is 5.56 Å². The van der Waals surface area contributed by atoms with Gasteiger partial charge in [0.2, 0.25) is 5.88 Å². The van der Waals surface area contributed by atoms with E-state index in [9.17, 15) is 4.79 Å². The number of aromatic nitrogens is 1. The van der Waals surface area contributed by atoms with Gasteiger partial charge in [-0.2, -0.15) is 0 Å². The van der Waals surface area contributed by atoms with E-state index < -0.39 is 0 Å². The van der Waals surface area contributed by atoms with Crippen molar-refractivity contribution < 1.29 is 9.53 Å². The number of carbonyl (C=O) groups is 1. The number of nitrogens with one attached hydrogen (secondary N) is 1. The highest BCUT2D eigenvalue weighted by atomic mass is 16.5. The van der Waals surface area contributed by atoms with Crippen molar-refractivity contribution in [2.45, 2.75) is 26.2 Å². The van der Waals surface area contributed by atoms with E-state index in [1.807, 2.05) is 36.4 Å². The number of pyridine rings is 1. The summed E-state index contributed by atoms with van der Waals surface area (Å²) in [6.07, 6.45) is 1.66. The van der Waals surface area contributed by atoms with Crippen LogP contribution in [0.3, 0.4) is 0 Å². The number of anilines is 1. The molecule has 4 nitrogen and oxygen atoms in total. The second-order valence-corrected chi connectivity index (χ2v) is 7.08. The molecule has 132 valence electrons. The lowest BCUT2D eigenvalue weighted by Crippen LogP contribution is -2.13. The first-order valence-electron chi connectivity index (χ1n) is 8.53. The summed E-state index contributed by atoms with van der Waals surface area (Å²) in [5.41, 5.74) is 2.60. The summed E-state index contributed by atoms with van der Waals surface area (Å²) in [6.45, 7) is 6.48. The zero-order chi connectivity index (χ0) is 18.6. The fraction of sp³-hybridized carbons (Fsp3) is 0.182. The topological polar surface area (TPSA) is 51.2 Å². The maximum Gasteiger partial charge on any atom is 0.255 e. The second kappa shape index (κ2) is 7.40. The van der Waals surface area contributed by atoms with E-state index >= 15 is 0 Å². The average Bonchev–Trinajstić information content (AvgIpc) is 2.62. The van der Waals surface area contributed by atoms with E-state index in [2.05, 4.69) is 31.1 Å². The van der Waals surface area contributed by atoms with Crippen molar-refractivity contribution >= 4 is 11.6 Å². The molecular formula is C22H22N2O2. The monoisotopic (exact) mass is 346 g/mol. The van der Waals surface area contributed by atoms with Gasteiger partial charge in [0, 0.05) is 23.5 Å². The van der Waals surface area contributed by atoms with Gasteiger partial charge in [-0.1, -0.05) is 45.0 Å². The van der Waals surface area contributed by atoms with Crippen LogP contribution >= 0.6 is 0 Å². The van der Waals surface area contributed by atoms with E-state index in [0.29, 0.717) is 17.2 Å². The molecule has 0 aliphatic heterocycles. The third-order valence-electron chi connectivity index (χ3n) is 3.97. The van der Waals surface area contributed by atoms with Crippen LogP contribution in [0.25, 0.3) is 0 Å². The minimum absolute atomic E-state index is 0.0830. The Morgan fingerprint density at radius 2 is 1.73 bits per heavy atom. The average molecular weight is 346 g/mol. The fourth-order valence-corrected chi connectivity index (χ4v) is 2.49. The first kappa shape index (κ1) is 17.7. The van der Waals surface area contributed by atoms with Gasteiger partial charge in [-0.25, -0.2) is 4.98 Å². The molecule has 3 aromatic rings. The van der Waals surface area contributed by atoms with Crippen LogP contribution in [-0.4, -0.2) is 10.9 Å². The van der Waals surface area contributed by atoms with Gasteiger partial charge in [0.25, 0.3) is 5.91 Å². The Hall–Kier alpha value is -3.14. The molecule has 3 rings (SSSR count). The highest BCUT2D eigenvalue weighted by Gasteiger charge is 2.13. The van der Waals surface area contributed by atoms with E-state index in [4.69, 9.17) is 4.74 Å². The first-order valence-corrected chi connectivity index (χ1v) is 8.53. The molecule has 0 bridgehead atoms. The Labute approximate surface area is 153 Å². The standard InChI is InChI=1S/C22H22N2O2/c1-22(2,3)17-10-12-18(13-11-17)24-21(25)16-7-6-8-19(15-16)26-20-9-4-5-14-23-20/h4-15H,1-3H3,(H,24,25). The van der Waals surface area contributed by atoms with Crippen LogP contribution in [0.1, 0.15) is 36.7 Å². The van der Waals surface area contributed by atoms with Crippen molar-refractivity contribution in [3.8, 4) is 11.6 Å². The van der Waals surface area contributed by atoms with Gasteiger partial charge in [-0.3, -0.25) is 4.79 Å². The molecule has 4 heteroatoms. The number of hydrogen-bond donors (Lipinski definition) is 1. The summed E-state index contributed by atoms with van der Waals surface area (Å²) in [5.74, 6) is 0.877. The summed E-state index contributed by atoms with van der Waals surface area (Å²) < 4.78 is 5.68. The highest BCUT2D eigenvalue weighted by Crippen LogP contribution is 2.24. The van der Waals surface area contributed by atoms with Crippen molar-refractivity contribution in [3.05, 3.63) is 84.1 Å². The van der Waals surface area contributed by atoms with Crippen LogP contribution in [-0.2, 0) is 5.41 Å². The normalized spacial score (nSPS) is 11.0. The molecule has 0 aliphatic rings. The Morgan fingerprint density at radius 1 is 0.962 bits per heavy atom. The number of carbonyl (C=O) groups excluding carboxylic acids is 1. The van der Waals surface area contributed by atoms with Gasteiger partial charge in [0.05, 0.1) is 0 Å². The number of ether oxygens (including phenoxy) is 1. The predicted molar refractivity (Wildman–Crippen MR) is 104 cm³/mol. The molecule has 1 N–H and O–H groups in total. The summed E-state index contributed by atoms with van der Waals surface area (Å²) in [4.78, 5) is 16.6. The summed E-state index contributed by atoms with van der Waals surface area (Å²) in [7, 11) is 0. The number of nitrogens with zero attached hydrogens (tertiary/aromatic N) is 1. The zero-order valence-electron chi connectivity index (χ0n) is 15.2. The summed E-state index contributed by atoms with van der Waals surface area (Å²) in [6, 6.07) is 20.4. The number of hydrogen-bond acceptors (Lipinski definition) is 3. The van der Waals surface area contributed by atoms with Crippen molar-refractivity contribution in [2.75, 3.05) is 5.32 Å². The van der Waals surface area contributed by atoms with Gasteiger partial charge < -0.3 is 10.1 Å². The van der Waals surface area contributed by atoms with E-state index in [-0.39, 0.29) is 11.3 Å². The van der Waals surface area contributed by atoms with Crippen LogP contribution in [0.4, 0.5) is 5.69 Å². The molecule has 1 amide bonds. The molecule has 2 aromatic carbocycles. The van der Waals surface area contributed by atoms with Gasteiger partial charge >= 0.3 is 0 Å². The van der Waals surface area contributed by atoms with Crippen molar-refractivity contribution in [2.24, 2.45) is 0 Å². The lowest BCUT2D eigenvalue weighted by molar-refractivity contribution is 0.102. The Bertz CT molecular complexity index is 882. The Kier molecular flexibility index (Phi) is 5.03.